The van der Waals surface area contributed by atoms with E-state index in [1.165, 1.54) is 6.42 Å². The summed E-state index contributed by atoms with van der Waals surface area (Å²) in [7, 11) is 0. The number of aliphatic hydroxyl groups is 1. The van der Waals surface area contributed by atoms with Crippen molar-refractivity contribution >= 4 is 5.91 Å². The van der Waals surface area contributed by atoms with E-state index in [-0.39, 0.29) is 24.7 Å². The van der Waals surface area contributed by atoms with Crippen molar-refractivity contribution in [2.24, 2.45) is 0 Å². The highest BCUT2D eigenvalue weighted by Gasteiger charge is 2.31. The molecular weight excluding hydrogens is 256 g/mol. The molecule has 0 radical (unpaired) electrons. The van der Waals surface area contributed by atoms with Crippen LogP contribution >= 0.6 is 0 Å². The number of amides is 1. The summed E-state index contributed by atoms with van der Waals surface area (Å²) in [6.07, 6.45) is 5.27. The van der Waals surface area contributed by atoms with Crippen molar-refractivity contribution in [1.82, 2.24) is 9.47 Å². The topological polar surface area (TPSA) is 54.7 Å². The molecule has 1 saturated carbocycles. The van der Waals surface area contributed by atoms with E-state index >= 15 is 0 Å². The standard InChI is InChI=1S/C15H22N2O3/c1-11-8-16(9-13(10-18)20-11)15(19)14-6-3-7-17(14)12-4-2-5-12/h3,6-7,11-13,18H,2,4-5,8-10H2,1H3. The highest BCUT2D eigenvalue weighted by atomic mass is 16.5. The van der Waals surface area contributed by atoms with E-state index in [1.807, 2.05) is 25.3 Å². The van der Waals surface area contributed by atoms with Crippen molar-refractivity contribution < 1.29 is 14.6 Å². The molecule has 1 aliphatic heterocycles. The lowest BCUT2D eigenvalue weighted by atomic mass is 9.93. The largest absolute Gasteiger partial charge is 0.394 e. The highest BCUT2D eigenvalue weighted by Crippen LogP contribution is 2.33. The first-order valence-electron chi connectivity index (χ1n) is 7.41. The van der Waals surface area contributed by atoms with Gasteiger partial charge in [-0.1, -0.05) is 0 Å². The predicted octanol–water partition coefficient (Wildman–Crippen LogP) is 1.43. The van der Waals surface area contributed by atoms with Crippen LogP contribution < -0.4 is 0 Å². The molecule has 1 aliphatic carbocycles. The van der Waals surface area contributed by atoms with E-state index in [0.717, 1.165) is 18.5 Å². The minimum absolute atomic E-state index is 0.0306. The third-order valence-electron chi connectivity index (χ3n) is 4.28. The predicted molar refractivity (Wildman–Crippen MR) is 74.6 cm³/mol. The summed E-state index contributed by atoms with van der Waals surface area (Å²) in [5.74, 6) is 0.0514. The van der Waals surface area contributed by atoms with Crippen molar-refractivity contribution in [3.8, 4) is 0 Å². The first-order valence-corrected chi connectivity index (χ1v) is 7.41. The first-order chi connectivity index (χ1) is 9.69. The second-order valence-corrected chi connectivity index (χ2v) is 5.85. The van der Waals surface area contributed by atoms with E-state index in [1.54, 1.807) is 4.90 Å². The van der Waals surface area contributed by atoms with Gasteiger partial charge in [-0.15, -0.1) is 0 Å². The normalized spacial score (nSPS) is 27.4. The Hall–Kier alpha value is -1.33. The molecule has 110 valence electrons. The van der Waals surface area contributed by atoms with Gasteiger partial charge in [-0.3, -0.25) is 4.79 Å². The molecule has 1 saturated heterocycles. The number of rotatable bonds is 3. The molecular formula is C15H22N2O3. The van der Waals surface area contributed by atoms with Crippen molar-refractivity contribution in [3.63, 3.8) is 0 Å². The van der Waals surface area contributed by atoms with Crippen LogP contribution in [-0.4, -0.2) is 52.4 Å². The van der Waals surface area contributed by atoms with Gasteiger partial charge in [-0.05, 0) is 38.3 Å². The zero-order chi connectivity index (χ0) is 14.1. The number of hydrogen-bond acceptors (Lipinski definition) is 3. The van der Waals surface area contributed by atoms with Gasteiger partial charge in [0.15, 0.2) is 0 Å². The number of morpholine rings is 1. The molecule has 2 unspecified atom stereocenters. The van der Waals surface area contributed by atoms with Gasteiger partial charge in [0, 0.05) is 25.3 Å². The Bertz CT molecular complexity index is 481. The van der Waals surface area contributed by atoms with Gasteiger partial charge < -0.3 is 19.3 Å². The van der Waals surface area contributed by atoms with Gasteiger partial charge in [0.2, 0.25) is 0 Å². The molecule has 1 aromatic heterocycles. The molecule has 0 spiro atoms. The maximum absolute atomic E-state index is 12.7. The van der Waals surface area contributed by atoms with Crippen molar-refractivity contribution in [2.45, 2.75) is 44.4 Å². The van der Waals surface area contributed by atoms with Crippen LogP contribution in [-0.2, 0) is 4.74 Å². The molecule has 5 heteroatoms. The molecule has 2 aliphatic rings. The average molecular weight is 278 g/mol. The molecule has 2 atom stereocenters. The molecule has 1 aromatic rings. The molecule has 20 heavy (non-hydrogen) atoms. The Labute approximate surface area is 119 Å². The van der Waals surface area contributed by atoms with E-state index in [4.69, 9.17) is 4.74 Å². The quantitative estimate of drug-likeness (QED) is 0.910. The maximum Gasteiger partial charge on any atom is 0.270 e. The first kappa shape index (κ1) is 13.6. The number of carbonyl (C=O) groups excluding carboxylic acids is 1. The molecule has 1 N–H and O–H groups in total. The Morgan fingerprint density at radius 1 is 1.45 bits per heavy atom. The summed E-state index contributed by atoms with van der Waals surface area (Å²) in [6.45, 7) is 2.95. The molecule has 3 rings (SSSR count). The van der Waals surface area contributed by atoms with Crippen molar-refractivity contribution in [2.75, 3.05) is 19.7 Å². The van der Waals surface area contributed by atoms with Gasteiger partial charge in [0.25, 0.3) is 5.91 Å². The van der Waals surface area contributed by atoms with E-state index in [2.05, 4.69) is 4.57 Å². The summed E-state index contributed by atoms with van der Waals surface area (Å²) >= 11 is 0. The number of aromatic nitrogens is 1. The summed E-state index contributed by atoms with van der Waals surface area (Å²) in [4.78, 5) is 14.5. The van der Waals surface area contributed by atoms with Crippen molar-refractivity contribution in [1.29, 1.82) is 0 Å². The van der Waals surface area contributed by atoms with Crippen LogP contribution in [0.1, 0.15) is 42.7 Å². The number of aliphatic hydroxyl groups excluding tert-OH is 1. The summed E-state index contributed by atoms with van der Waals surface area (Å²) < 4.78 is 7.70. The third-order valence-corrected chi connectivity index (χ3v) is 4.28. The summed E-state index contributed by atoms with van der Waals surface area (Å²) in [5, 5.41) is 9.26. The fourth-order valence-electron chi connectivity index (χ4n) is 3.03. The third kappa shape index (κ3) is 2.47. The Kier molecular flexibility index (Phi) is 3.81. The Morgan fingerprint density at radius 2 is 2.25 bits per heavy atom. The van der Waals surface area contributed by atoms with Crippen LogP contribution in [0.3, 0.4) is 0 Å². The van der Waals surface area contributed by atoms with Gasteiger partial charge in [0.1, 0.15) is 5.69 Å². The Balaban J connectivity index is 1.76. The molecule has 0 bridgehead atoms. The minimum atomic E-state index is -0.269. The lowest BCUT2D eigenvalue weighted by molar-refractivity contribution is -0.0860. The molecule has 5 nitrogen and oxygen atoms in total. The van der Waals surface area contributed by atoms with Gasteiger partial charge in [0.05, 0.1) is 18.8 Å². The second-order valence-electron chi connectivity index (χ2n) is 5.85. The van der Waals surface area contributed by atoms with Crippen LogP contribution in [0.4, 0.5) is 0 Å². The zero-order valence-electron chi connectivity index (χ0n) is 11.9. The smallest absolute Gasteiger partial charge is 0.270 e. The van der Waals surface area contributed by atoms with Gasteiger partial charge in [-0.2, -0.15) is 0 Å². The number of carbonyl (C=O) groups is 1. The van der Waals surface area contributed by atoms with Gasteiger partial charge >= 0.3 is 0 Å². The number of hydrogen-bond donors (Lipinski definition) is 1. The van der Waals surface area contributed by atoms with Crippen LogP contribution in [0, 0.1) is 0 Å². The number of ether oxygens (including phenoxy) is 1. The average Bonchev–Trinajstić information content (AvgIpc) is 2.84. The monoisotopic (exact) mass is 278 g/mol. The zero-order valence-corrected chi connectivity index (χ0v) is 11.9. The molecule has 0 aromatic carbocycles. The van der Waals surface area contributed by atoms with Crippen LogP contribution in [0.25, 0.3) is 0 Å². The highest BCUT2D eigenvalue weighted by molar-refractivity contribution is 5.93. The second kappa shape index (κ2) is 5.58. The van der Waals surface area contributed by atoms with E-state index < -0.39 is 0 Å². The summed E-state index contributed by atoms with van der Waals surface area (Å²) in [6, 6.07) is 4.32. The Morgan fingerprint density at radius 3 is 2.90 bits per heavy atom. The molecule has 2 fully saturated rings. The minimum Gasteiger partial charge on any atom is -0.394 e. The van der Waals surface area contributed by atoms with Crippen LogP contribution in [0.2, 0.25) is 0 Å². The lowest BCUT2D eigenvalue weighted by Gasteiger charge is -2.37. The fourth-order valence-corrected chi connectivity index (χ4v) is 3.03. The lowest BCUT2D eigenvalue weighted by Crippen LogP contribution is -2.50. The molecule has 2 heterocycles. The van der Waals surface area contributed by atoms with Gasteiger partial charge in [-0.25, -0.2) is 0 Å². The molecule has 1 amide bonds. The van der Waals surface area contributed by atoms with E-state index in [0.29, 0.717) is 19.1 Å². The van der Waals surface area contributed by atoms with E-state index in [9.17, 15) is 9.90 Å². The fraction of sp³-hybridized carbons (Fsp3) is 0.667. The SMILES string of the molecule is CC1CN(C(=O)c2cccn2C2CCC2)CC(CO)O1. The number of nitrogens with zero attached hydrogens (tertiary/aromatic N) is 2. The maximum atomic E-state index is 12.7. The summed E-state index contributed by atoms with van der Waals surface area (Å²) in [5.41, 5.74) is 0.764. The van der Waals surface area contributed by atoms with Crippen LogP contribution in [0.15, 0.2) is 18.3 Å². The van der Waals surface area contributed by atoms with Crippen molar-refractivity contribution in [3.05, 3.63) is 24.0 Å². The van der Waals surface area contributed by atoms with Crippen LogP contribution in [0.5, 0.6) is 0 Å².